The van der Waals surface area contributed by atoms with Crippen molar-refractivity contribution >= 4 is 17.5 Å². The molecular weight excluding hydrogens is 261 g/mol. The number of rotatable bonds is 1. The molecule has 0 bridgehead atoms. The Morgan fingerprint density at radius 1 is 1.32 bits per heavy atom. The van der Waals surface area contributed by atoms with Gasteiger partial charge in [0.25, 0.3) is 0 Å². The molecule has 102 valence electrons. The highest BCUT2D eigenvalue weighted by molar-refractivity contribution is 6.04. The first kappa shape index (κ1) is 13.4. The van der Waals surface area contributed by atoms with Crippen LogP contribution in [0, 0.1) is 0 Å². The highest BCUT2D eigenvalue weighted by Gasteiger charge is 2.33. The van der Waals surface area contributed by atoms with Crippen LogP contribution in [0.2, 0.25) is 0 Å². The van der Waals surface area contributed by atoms with E-state index in [2.05, 4.69) is 5.32 Å². The number of nitrogens with zero attached hydrogens (tertiary/aromatic N) is 1. The van der Waals surface area contributed by atoms with Crippen molar-refractivity contribution in [2.45, 2.75) is 19.1 Å². The molecule has 7 heteroatoms. The number of benzene rings is 1. The molecule has 19 heavy (non-hydrogen) atoms. The lowest BCUT2D eigenvalue weighted by atomic mass is 10.1. The standard InChI is InChI=1S/C12H11F3N2O2/c1-7-11(19)16-10(18)6-17(7)9-4-2-3-8(5-9)12(13,14)15/h2-5,7H,6H2,1H3,(H,16,18,19). The van der Waals surface area contributed by atoms with Crippen molar-refractivity contribution < 1.29 is 22.8 Å². The van der Waals surface area contributed by atoms with Gasteiger partial charge in [0.1, 0.15) is 6.04 Å². The summed E-state index contributed by atoms with van der Waals surface area (Å²) in [7, 11) is 0. The van der Waals surface area contributed by atoms with Crippen LogP contribution in [-0.2, 0) is 15.8 Å². The van der Waals surface area contributed by atoms with Gasteiger partial charge in [0.15, 0.2) is 0 Å². The number of carbonyl (C=O) groups is 2. The maximum Gasteiger partial charge on any atom is 0.416 e. The molecule has 1 unspecified atom stereocenters. The first-order valence-electron chi connectivity index (χ1n) is 5.56. The minimum absolute atomic E-state index is 0.145. The number of nitrogens with one attached hydrogen (secondary N) is 1. The van der Waals surface area contributed by atoms with Gasteiger partial charge in [-0.2, -0.15) is 13.2 Å². The van der Waals surface area contributed by atoms with Crippen LogP contribution in [0.5, 0.6) is 0 Å². The number of imide groups is 1. The number of amides is 2. The summed E-state index contributed by atoms with van der Waals surface area (Å²) in [5, 5.41) is 2.13. The molecule has 0 saturated carbocycles. The highest BCUT2D eigenvalue weighted by Crippen LogP contribution is 2.32. The maximum absolute atomic E-state index is 12.6. The molecule has 0 radical (unpaired) electrons. The van der Waals surface area contributed by atoms with Gasteiger partial charge in [-0.05, 0) is 25.1 Å². The van der Waals surface area contributed by atoms with Gasteiger partial charge in [0.05, 0.1) is 12.1 Å². The summed E-state index contributed by atoms with van der Waals surface area (Å²) in [5.74, 6) is -1.05. The summed E-state index contributed by atoms with van der Waals surface area (Å²) < 4.78 is 37.9. The second-order valence-corrected chi connectivity index (χ2v) is 4.26. The molecule has 1 aliphatic heterocycles. The van der Waals surface area contributed by atoms with Crippen LogP contribution < -0.4 is 10.2 Å². The number of piperazine rings is 1. The Kier molecular flexibility index (Phi) is 3.21. The van der Waals surface area contributed by atoms with Crippen LogP contribution in [0.1, 0.15) is 12.5 Å². The SMILES string of the molecule is CC1C(=O)NC(=O)CN1c1cccc(C(F)(F)F)c1. The van der Waals surface area contributed by atoms with Crippen molar-refractivity contribution in [3.8, 4) is 0 Å². The first-order chi connectivity index (χ1) is 8.79. The number of alkyl halides is 3. The Morgan fingerprint density at radius 3 is 2.63 bits per heavy atom. The van der Waals surface area contributed by atoms with Crippen molar-refractivity contribution in [2.24, 2.45) is 0 Å². The average Bonchev–Trinajstić information content (AvgIpc) is 2.33. The largest absolute Gasteiger partial charge is 0.416 e. The van der Waals surface area contributed by atoms with Crippen molar-refractivity contribution in [1.29, 1.82) is 0 Å². The zero-order valence-corrected chi connectivity index (χ0v) is 9.99. The van der Waals surface area contributed by atoms with Crippen LogP contribution in [0.3, 0.4) is 0 Å². The molecule has 4 nitrogen and oxygen atoms in total. The number of carbonyl (C=O) groups excluding carboxylic acids is 2. The Balaban J connectivity index is 2.36. The lowest BCUT2D eigenvalue weighted by Gasteiger charge is -2.33. The lowest BCUT2D eigenvalue weighted by molar-refractivity contribution is -0.137. The molecule has 2 amide bonds. The van der Waals surface area contributed by atoms with Gasteiger partial charge < -0.3 is 4.90 Å². The lowest BCUT2D eigenvalue weighted by Crippen LogP contribution is -2.57. The van der Waals surface area contributed by atoms with Gasteiger partial charge in [0, 0.05) is 5.69 Å². The van der Waals surface area contributed by atoms with E-state index in [4.69, 9.17) is 0 Å². The van der Waals surface area contributed by atoms with Crippen molar-refractivity contribution in [3.63, 3.8) is 0 Å². The van der Waals surface area contributed by atoms with Gasteiger partial charge in [-0.15, -0.1) is 0 Å². The molecule has 1 aromatic carbocycles. The van der Waals surface area contributed by atoms with E-state index in [1.165, 1.54) is 24.0 Å². The Labute approximate surface area is 107 Å². The second kappa shape index (κ2) is 4.56. The molecule has 1 aliphatic rings. The van der Waals surface area contributed by atoms with Crippen LogP contribution in [0.4, 0.5) is 18.9 Å². The van der Waals surface area contributed by atoms with E-state index in [0.717, 1.165) is 12.1 Å². The zero-order chi connectivity index (χ0) is 14.2. The smallest absolute Gasteiger partial charge is 0.350 e. The number of anilines is 1. The Bertz CT molecular complexity index is 528. The fourth-order valence-electron chi connectivity index (χ4n) is 1.89. The number of hydrogen-bond acceptors (Lipinski definition) is 3. The molecular formula is C12H11F3N2O2. The third kappa shape index (κ3) is 2.69. The van der Waals surface area contributed by atoms with Crippen LogP contribution in [0.25, 0.3) is 0 Å². The van der Waals surface area contributed by atoms with Gasteiger partial charge in [0.2, 0.25) is 11.8 Å². The molecule has 1 N–H and O–H groups in total. The monoisotopic (exact) mass is 272 g/mol. The van der Waals surface area contributed by atoms with Crippen molar-refractivity contribution in [3.05, 3.63) is 29.8 Å². The predicted octanol–water partition coefficient (Wildman–Crippen LogP) is 1.56. The molecule has 0 aromatic heterocycles. The van der Waals surface area contributed by atoms with E-state index >= 15 is 0 Å². The van der Waals surface area contributed by atoms with Gasteiger partial charge in [-0.1, -0.05) is 6.07 Å². The van der Waals surface area contributed by atoms with Gasteiger partial charge in [-0.25, -0.2) is 0 Å². The Hall–Kier alpha value is -2.05. The van der Waals surface area contributed by atoms with Crippen LogP contribution >= 0.6 is 0 Å². The van der Waals surface area contributed by atoms with Crippen LogP contribution in [0.15, 0.2) is 24.3 Å². The minimum Gasteiger partial charge on any atom is -0.350 e. The van der Waals surface area contributed by atoms with E-state index in [1.54, 1.807) is 0 Å². The predicted molar refractivity (Wildman–Crippen MR) is 61.4 cm³/mol. The summed E-state index contributed by atoms with van der Waals surface area (Å²) >= 11 is 0. The molecule has 1 saturated heterocycles. The molecule has 0 spiro atoms. The topological polar surface area (TPSA) is 49.4 Å². The Morgan fingerprint density at radius 2 is 2.00 bits per heavy atom. The molecule has 1 aromatic rings. The van der Waals surface area contributed by atoms with E-state index in [0.29, 0.717) is 0 Å². The summed E-state index contributed by atoms with van der Waals surface area (Å²) in [5.41, 5.74) is -0.610. The summed E-state index contributed by atoms with van der Waals surface area (Å²) in [4.78, 5) is 24.1. The highest BCUT2D eigenvalue weighted by atomic mass is 19.4. The minimum atomic E-state index is -4.46. The van der Waals surface area contributed by atoms with Crippen molar-refractivity contribution in [2.75, 3.05) is 11.4 Å². The summed E-state index contributed by atoms with van der Waals surface area (Å²) in [6.45, 7) is 1.39. The molecule has 2 rings (SSSR count). The molecule has 1 heterocycles. The average molecular weight is 272 g/mol. The fraction of sp³-hybridized carbons (Fsp3) is 0.333. The molecule has 1 fully saturated rings. The van der Waals surface area contributed by atoms with E-state index in [9.17, 15) is 22.8 Å². The van der Waals surface area contributed by atoms with Gasteiger partial charge >= 0.3 is 6.18 Å². The van der Waals surface area contributed by atoms with Gasteiger partial charge in [-0.3, -0.25) is 14.9 Å². The van der Waals surface area contributed by atoms with Crippen molar-refractivity contribution in [1.82, 2.24) is 5.32 Å². The number of halogens is 3. The van der Waals surface area contributed by atoms with E-state index in [-0.39, 0.29) is 12.2 Å². The van der Waals surface area contributed by atoms with Crippen LogP contribution in [-0.4, -0.2) is 24.4 Å². The van der Waals surface area contributed by atoms with E-state index in [1.807, 2.05) is 0 Å². The molecule has 0 aliphatic carbocycles. The summed E-state index contributed by atoms with van der Waals surface area (Å²) in [6, 6.07) is 3.88. The quantitative estimate of drug-likeness (QED) is 0.789. The fourth-order valence-corrected chi connectivity index (χ4v) is 1.89. The molecule has 1 atom stereocenters. The number of hydrogen-bond donors (Lipinski definition) is 1. The first-order valence-corrected chi connectivity index (χ1v) is 5.56. The van der Waals surface area contributed by atoms with E-state index < -0.39 is 29.6 Å². The normalized spacial score (nSPS) is 20.4. The second-order valence-electron chi connectivity index (χ2n) is 4.26. The maximum atomic E-state index is 12.6. The third-order valence-corrected chi connectivity index (χ3v) is 2.93. The zero-order valence-electron chi connectivity index (χ0n) is 9.99. The summed E-state index contributed by atoms with van der Waals surface area (Å²) in [6.07, 6.45) is -4.46. The third-order valence-electron chi connectivity index (χ3n) is 2.93.